The van der Waals surface area contributed by atoms with E-state index in [4.69, 9.17) is 4.52 Å². The largest absolute Gasteiger partial charge is 0.507 e. The summed E-state index contributed by atoms with van der Waals surface area (Å²) in [4.78, 5) is 4.27. The van der Waals surface area contributed by atoms with Gasteiger partial charge < -0.3 is 9.63 Å². The van der Waals surface area contributed by atoms with Gasteiger partial charge in [-0.3, -0.25) is 0 Å². The lowest BCUT2D eigenvalue weighted by molar-refractivity contribution is 0.328. The molecule has 1 saturated carbocycles. The number of hydrogen-bond donors (Lipinski definition) is 1. The lowest BCUT2D eigenvalue weighted by Crippen LogP contribution is -2.11. The molecule has 0 spiro atoms. The van der Waals surface area contributed by atoms with E-state index in [9.17, 15) is 9.50 Å². The van der Waals surface area contributed by atoms with E-state index in [-0.39, 0.29) is 23.1 Å². The Morgan fingerprint density at radius 1 is 1.25 bits per heavy atom. The van der Waals surface area contributed by atoms with E-state index >= 15 is 0 Å². The molecule has 5 heteroatoms. The molecule has 0 saturated heterocycles. The molecular formula is C15H17FN2O2. The fraction of sp³-hybridized carbons (Fsp3) is 0.467. The first-order valence-electron chi connectivity index (χ1n) is 6.96. The molecule has 1 aromatic carbocycles. The smallest absolute Gasteiger partial charge is 0.264 e. The summed E-state index contributed by atoms with van der Waals surface area (Å²) in [5.41, 5.74) is -0.0181. The van der Waals surface area contributed by atoms with Crippen LogP contribution in [0.4, 0.5) is 4.39 Å². The van der Waals surface area contributed by atoms with Gasteiger partial charge in [0.1, 0.15) is 17.1 Å². The Hall–Kier alpha value is -1.91. The maximum atomic E-state index is 13.8. The summed E-state index contributed by atoms with van der Waals surface area (Å²) >= 11 is 0. The normalized spacial score (nSPS) is 22.9. The van der Waals surface area contributed by atoms with Crippen molar-refractivity contribution in [3.63, 3.8) is 0 Å². The highest BCUT2D eigenvalue weighted by Crippen LogP contribution is 2.36. The molecule has 0 unspecified atom stereocenters. The highest BCUT2D eigenvalue weighted by atomic mass is 19.1. The summed E-state index contributed by atoms with van der Waals surface area (Å²) in [7, 11) is 0. The average Bonchev–Trinajstić information content (AvgIpc) is 2.89. The van der Waals surface area contributed by atoms with E-state index in [1.54, 1.807) is 0 Å². The zero-order chi connectivity index (χ0) is 14.1. The van der Waals surface area contributed by atoms with Gasteiger partial charge in [-0.25, -0.2) is 4.39 Å². The zero-order valence-electron chi connectivity index (χ0n) is 11.3. The maximum Gasteiger partial charge on any atom is 0.264 e. The van der Waals surface area contributed by atoms with Gasteiger partial charge in [0.05, 0.1) is 0 Å². The summed E-state index contributed by atoms with van der Waals surface area (Å²) in [6.45, 7) is 2.25. The highest BCUT2D eigenvalue weighted by molar-refractivity contribution is 5.62. The minimum Gasteiger partial charge on any atom is -0.507 e. The Bertz CT molecular complexity index is 583. The molecule has 0 bridgehead atoms. The Kier molecular flexibility index (Phi) is 3.42. The number of rotatable bonds is 2. The molecule has 1 aliphatic carbocycles. The number of aromatic hydroxyl groups is 1. The fourth-order valence-corrected chi connectivity index (χ4v) is 2.74. The van der Waals surface area contributed by atoms with E-state index in [2.05, 4.69) is 17.1 Å². The molecular weight excluding hydrogens is 259 g/mol. The van der Waals surface area contributed by atoms with Crippen molar-refractivity contribution in [2.45, 2.75) is 38.5 Å². The molecule has 0 aliphatic heterocycles. The molecule has 0 amide bonds. The van der Waals surface area contributed by atoms with Gasteiger partial charge in [-0.15, -0.1) is 0 Å². The second-order valence-corrected chi connectivity index (χ2v) is 5.55. The van der Waals surface area contributed by atoms with Crippen molar-refractivity contribution in [2.24, 2.45) is 5.92 Å². The molecule has 20 heavy (non-hydrogen) atoms. The van der Waals surface area contributed by atoms with Gasteiger partial charge in [0.25, 0.3) is 5.89 Å². The highest BCUT2D eigenvalue weighted by Gasteiger charge is 2.25. The number of benzene rings is 1. The van der Waals surface area contributed by atoms with Crippen LogP contribution < -0.4 is 0 Å². The molecule has 1 heterocycles. The maximum absolute atomic E-state index is 13.8. The molecule has 0 radical (unpaired) electrons. The third-order valence-electron chi connectivity index (χ3n) is 4.03. The van der Waals surface area contributed by atoms with Crippen LogP contribution in [-0.4, -0.2) is 15.2 Å². The van der Waals surface area contributed by atoms with Crippen molar-refractivity contribution in [2.75, 3.05) is 0 Å². The number of halogens is 1. The monoisotopic (exact) mass is 276 g/mol. The predicted molar refractivity (Wildman–Crippen MR) is 71.7 cm³/mol. The molecule has 1 N–H and O–H groups in total. The molecule has 0 atom stereocenters. The van der Waals surface area contributed by atoms with Crippen LogP contribution in [0, 0.1) is 11.7 Å². The van der Waals surface area contributed by atoms with E-state index in [1.165, 1.54) is 18.2 Å². The Morgan fingerprint density at radius 3 is 2.70 bits per heavy atom. The van der Waals surface area contributed by atoms with Crippen LogP contribution in [0.25, 0.3) is 11.5 Å². The van der Waals surface area contributed by atoms with Crippen molar-refractivity contribution >= 4 is 0 Å². The zero-order valence-corrected chi connectivity index (χ0v) is 11.3. The van der Waals surface area contributed by atoms with E-state index < -0.39 is 5.82 Å². The van der Waals surface area contributed by atoms with Crippen molar-refractivity contribution in [3.05, 3.63) is 29.8 Å². The summed E-state index contributed by atoms with van der Waals surface area (Å²) < 4.78 is 18.9. The van der Waals surface area contributed by atoms with Crippen LogP contribution in [0.2, 0.25) is 0 Å². The van der Waals surface area contributed by atoms with Crippen LogP contribution in [0.3, 0.4) is 0 Å². The second-order valence-electron chi connectivity index (χ2n) is 5.55. The summed E-state index contributed by atoms with van der Waals surface area (Å²) in [5.74, 6) is 0.949. The van der Waals surface area contributed by atoms with Crippen LogP contribution in [0.15, 0.2) is 22.7 Å². The molecule has 4 nitrogen and oxygen atoms in total. The molecule has 1 fully saturated rings. The molecule has 1 aromatic heterocycles. The van der Waals surface area contributed by atoms with Gasteiger partial charge in [-0.05, 0) is 30.9 Å². The van der Waals surface area contributed by atoms with Crippen LogP contribution >= 0.6 is 0 Å². The first-order valence-corrected chi connectivity index (χ1v) is 6.96. The second kappa shape index (κ2) is 5.23. The number of aromatic nitrogens is 2. The number of nitrogens with zero attached hydrogens (tertiary/aromatic N) is 2. The van der Waals surface area contributed by atoms with Crippen LogP contribution in [0.5, 0.6) is 5.75 Å². The summed E-state index contributed by atoms with van der Waals surface area (Å²) in [6.07, 6.45) is 4.37. The minimum absolute atomic E-state index is 0.0181. The Morgan fingerprint density at radius 2 is 2.00 bits per heavy atom. The minimum atomic E-state index is -0.558. The van der Waals surface area contributed by atoms with Gasteiger partial charge in [-0.2, -0.15) is 4.98 Å². The third kappa shape index (κ3) is 2.40. The van der Waals surface area contributed by atoms with Crippen molar-refractivity contribution in [3.8, 4) is 17.2 Å². The standard InChI is InChI=1S/C15H17FN2O2/c1-9-5-7-10(8-6-9)14-17-15(20-18-14)13-11(16)3-2-4-12(13)19/h2-4,9-10,19H,5-8H2,1H3. The quantitative estimate of drug-likeness (QED) is 0.904. The van der Waals surface area contributed by atoms with E-state index in [1.807, 2.05) is 0 Å². The average molecular weight is 276 g/mol. The lowest BCUT2D eigenvalue weighted by atomic mass is 9.83. The molecule has 2 aromatic rings. The fourth-order valence-electron chi connectivity index (χ4n) is 2.74. The predicted octanol–water partition coefficient (Wildman–Crippen LogP) is 3.88. The Labute approximate surface area is 116 Å². The SMILES string of the molecule is CC1CCC(c2noc(-c3c(O)cccc3F)n2)CC1. The first-order chi connectivity index (χ1) is 9.65. The number of phenols is 1. The van der Waals surface area contributed by atoms with Gasteiger partial charge >= 0.3 is 0 Å². The van der Waals surface area contributed by atoms with Crippen molar-refractivity contribution < 1.29 is 14.0 Å². The topological polar surface area (TPSA) is 59.2 Å². The van der Waals surface area contributed by atoms with Crippen LogP contribution in [-0.2, 0) is 0 Å². The van der Waals surface area contributed by atoms with Gasteiger partial charge in [0.2, 0.25) is 0 Å². The number of hydrogen-bond acceptors (Lipinski definition) is 4. The third-order valence-corrected chi connectivity index (χ3v) is 4.03. The van der Waals surface area contributed by atoms with E-state index in [0.29, 0.717) is 5.82 Å². The van der Waals surface area contributed by atoms with Crippen LogP contribution in [0.1, 0.15) is 44.3 Å². The molecule has 3 rings (SSSR count). The molecule has 106 valence electrons. The Balaban J connectivity index is 1.87. The van der Waals surface area contributed by atoms with Gasteiger partial charge in [0.15, 0.2) is 5.82 Å². The van der Waals surface area contributed by atoms with E-state index in [0.717, 1.165) is 31.6 Å². The number of phenolic OH excluding ortho intramolecular Hbond substituents is 1. The lowest BCUT2D eigenvalue weighted by Gasteiger charge is -2.23. The summed E-state index contributed by atoms with van der Waals surface area (Å²) in [6, 6.07) is 4.11. The van der Waals surface area contributed by atoms with Gasteiger partial charge in [0, 0.05) is 5.92 Å². The molecule has 1 aliphatic rings. The summed E-state index contributed by atoms with van der Waals surface area (Å²) in [5, 5.41) is 13.7. The first kappa shape index (κ1) is 13.1. The van der Waals surface area contributed by atoms with Gasteiger partial charge in [-0.1, -0.05) is 31.0 Å². The van der Waals surface area contributed by atoms with Crippen molar-refractivity contribution in [1.29, 1.82) is 0 Å². The van der Waals surface area contributed by atoms with Crippen molar-refractivity contribution in [1.82, 2.24) is 10.1 Å².